The van der Waals surface area contributed by atoms with Crippen molar-refractivity contribution in [2.45, 2.75) is 13.3 Å². The summed E-state index contributed by atoms with van der Waals surface area (Å²) in [5, 5.41) is 16.7. The lowest BCUT2D eigenvalue weighted by molar-refractivity contribution is -0.307. The van der Waals surface area contributed by atoms with Crippen molar-refractivity contribution in [3.05, 3.63) is 59.7 Å². The first-order chi connectivity index (χ1) is 13.0. The highest BCUT2D eigenvalue weighted by Crippen LogP contribution is 2.16. The zero-order valence-electron chi connectivity index (χ0n) is 14.6. The molecular weight excluding hydrogens is 350 g/mol. The van der Waals surface area contributed by atoms with E-state index in [0.29, 0.717) is 17.7 Å². The van der Waals surface area contributed by atoms with Crippen molar-refractivity contribution < 1.29 is 24.2 Å². The van der Waals surface area contributed by atoms with Crippen LogP contribution in [0.3, 0.4) is 0 Å². The van der Waals surface area contributed by atoms with E-state index in [1.165, 1.54) is 6.21 Å². The Morgan fingerprint density at radius 2 is 1.78 bits per heavy atom. The Bertz CT molecular complexity index is 864. The van der Waals surface area contributed by atoms with Crippen molar-refractivity contribution in [2.24, 2.45) is 5.10 Å². The van der Waals surface area contributed by atoms with Gasteiger partial charge in [0.05, 0.1) is 12.2 Å². The Kier molecular flexibility index (Phi) is 7.07. The minimum atomic E-state index is -1.36. The first kappa shape index (κ1) is 19.6. The second-order valence-corrected chi connectivity index (χ2v) is 5.36. The number of anilines is 1. The zero-order chi connectivity index (χ0) is 19.6. The van der Waals surface area contributed by atoms with Crippen LogP contribution in [0, 0.1) is 0 Å². The van der Waals surface area contributed by atoms with E-state index in [9.17, 15) is 19.5 Å². The maximum Gasteiger partial charge on any atom is 0.329 e. The van der Waals surface area contributed by atoms with Crippen LogP contribution in [-0.2, 0) is 20.8 Å². The number of aryl methyl sites for hydroxylation is 1. The lowest BCUT2D eigenvalue weighted by Crippen LogP contribution is -2.32. The highest BCUT2D eigenvalue weighted by Gasteiger charge is 2.14. The average molecular weight is 368 g/mol. The smallest absolute Gasteiger partial charge is 0.329 e. The van der Waals surface area contributed by atoms with Gasteiger partial charge in [0.2, 0.25) is 0 Å². The van der Waals surface area contributed by atoms with Crippen LogP contribution >= 0.6 is 0 Å². The van der Waals surface area contributed by atoms with E-state index in [1.54, 1.807) is 36.4 Å². The summed E-state index contributed by atoms with van der Waals surface area (Å²) in [7, 11) is 0. The molecule has 0 saturated carbocycles. The summed E-state index contributed by atoms with van der Waals surface area (Å²) in [6.45, 7) is 1.33. The summed E-state index contributed by atoms with van der Waals surface area (Å²) in [6.07, 6.45) is 1.95. The summed E-state index contributed by atoms with van der Waals surface area (Å²) in [4.78, 5) is 34.3. The monoisotopic (exact) mass is 368 g/mol. The van der Waals surface area contributed by atoms with E-state index >= 15 is 0 Å². The second kappa shape index (κ2) is 9.71. The van der Waals surface area contributed by atoms with Crippen LogP contribution in [0.2, 0.25) is 0 Å². The Morgan fingerprint density at radius 3 is 2.52 bits per heavy atom. The van der Waals surface area contributed by atoms with Crippen LogP contribution in [0.25, 0.3) is 0 Å². The normalized spacial score (nSPS) is 10.4. The maximum atomic E-state index is 12.0. The molecule has 8 heteroatoms. The molecule has 0 aliphatic carbocycles. The molecule has 2 amide bonds. The second-order valence-electron chi connectivity index (χ2n) is 5.36. The number of hydrogen-bond donors (Lipinski definition) is 2. The number of nitrogens with zero attached hydrogens (tertiary/aromatic N) is 1. The number of nitrogens with one attached hydrogen (secondary N) is 2. The molecule has 0 spiro atoms. The topological polar surface area (TPSA) is 120 Å². The maximum absolute atomic E-state index is 12.0. The molecule has 0 bridgehead atoms. The van der Waals surface area contributed by atoms with E-state index < -0.39 is 24.4 Å². The van der Waals surface area contributed by atoms with Gasteiger partial charge in [-0.15, -0.1) is 0 Å². The number of hydrazone groups is 1. The SMILES string of the molecule is CCc1ccccc1NC(=O)C(=O)N/N=C\c1ccccc1OCC(=O)[O-]. The molecular formula is C19H18N3O5-. The Morgan fingerprint density at radius 1 is 1.07 bits per heavy atom. The summed E-state index contributed by atoms with van der Waals surface area (Å²) >= 11 is 0. The molecule has 8 nitrogen and oxygen atoms in total. The molecule has 0 fully saturated rings. The van der Waals surface area contributed by atoms with Gasteiger partial charge in [-0.3, -0.25) is 9.59 Å². The van der Waals surface area contributed by atoms with Gasteiger partial charge < -0.3 is 20.0 Å². The molecule has 0 saturated heterocycles. The molecule has 27 heavy (non-hydrogen) atoms. The quantitative estimate of drug-likeness (QED) is 0.418. The van der Waals surface area contributed by atoms with E-state index in [-0.39, 0.29) is 5.75 Å². The van der Waals surface area contributed by atoms with Crippen molar-refractivity contribution in [1.29, 1.82) is 0 Å². The Hall–Kier alpha value is -3.68. The van der Waals surface area contributed by atoms with Crippen LogP contribution < -0.4 is 20.6 Å². The summed E-state index contributed by atoms with van der Waals surface area (Å²) in [5.74, 6) is -2.90. The largest absolute Gasteiger partial charge is 0.546 e. The van der Waals surface area contributed by atoms with Gasteiger partial charge in [-0.1, -0.05) is 37.3 Å². The number of rotatable bonds is 7. The van der Waals surface area contributed by atoms with Gasteiger partial charge in [0, 0.05) is 11.3 Å². The standard InChI is InChI=1S/C19H19N3O5/c1-2-13-7-3-5-9-15(13)21-18(25)19(26)22-20-11-14-8-4-6-10-16(14)27-12-17(23)24/h3-11H,2,12H2,1H3,(H,21,25)(H,22,26)(H,23,24)/p-1/b20-11-. The number of aliphatic carboxylic acids is 1. The summed E-state index contributed by atoms with van der Waals surface area (Å²) < 4.78 is 5.06. The van der Waals surface area contributed by atoms with Crippen LogP contribution in [0.15, 0.2) is 53.6 Å². The summed E-state index contributed by atoms with van der Waals surface area (Å²) in [6, 6.07) is 13.7. The van der Waals surface area contributed by atoms with Crippen LogP contribution in [0.1, 0.15) is 18.1 Å². The van der Waals surface area contributed by atoms with Crippen molar-refractivity contribution in [1.82, 2.24) is 5.43 Å². The number of hydrogen-bond acceptors (Lipinski definition) is 6. The molecule has 0 heterocycles. The number of carbonyl (C=O) groups excluding carboxylic acids is 3. The highest BCUT2D eigenvalue weighted by molar-refractivity contribution is 6.39. The van der Waals surface area contributed by atoms with E-state index in [0.717, 1.165) is 5.56 Å². The minimum Gasteiger partial charge on any atom is -0.546 e. The van der Waals surface area contributed by atoms with Gasteiger partial charge in [-0.2, -0.15) is 5.10 Å². The van der Waals surface area contributed by atoms with Crippen LogP contribution in [0.4, 0.5) is 5.69 Å². The lowest BCUT2D eigenvalue weighted by Gasteiger charge is -2.09. The number of carbonyl (C=O) groups is 3. The first-order valence-corrected chi connectivity index (χ1v) is 8.15. The molecule has 0 radical (unpaired) electrons. The number of carboxylic acids is 1. The fourth-order valence-corrected chi connectivity index (χ4v) is 2.20. The van der Waals surface area contributed by atoms with Gasteiger partial charge in [0.25, 0.3) is 0 Å². The van der Waals surface area contributed by atoms with Gasteiger partial charge in [0.1, 0.15) is 12.4 Å². The molecule has 0 atom stereocenters. The van der Waals surface area contributed by atoms with E-state index in [2.05, 4.69) is 15.8 Å². The van der Waals surface area contributed by atoms with Crippen LogP contribution in [-0.4, -0.2) is 30.6 Å². The van der Waals surface area contributed by atoms with Gasteiger partial charge in [-0.25, -0.2) is 5.43 Å². The number of carboxylic acid groups (broad SMARTS) is 1. The highest BCUT2D eigenvalue weighted by atomic mass is 16.5. The van der Waals surface area contributed by atoms with Gasteiger partial charge in [0.15, 0.2) is 0 Å². The number of benzene rings is 2. The lowest BCUT2D eigenvalue weighted by atomic mass is 10.1. The fraction of sp³-hybridized carbons (Fsp3) is 0.158. The Labute approximate surface area is 155 Å². The van der Waals surface area contributed by atoms with Crippen molar-refractivity contribution in [3.8, 4) is 5.75 Å². The molecule has 2 N–H and O–H groups in total. The third kappa shape index (κ3) is 5.96. The first-order valence-electron chi connectivity index (χ1n) is 8.15. The molecule has 140 valence electrons. The van der Waals surface area contributed by atoms with Crippen molar-refractivity contribution >= 4 is 29.7 Å². The molecule has 0 aromatic heterocycles. The van der Waals surface area contributed by atoms with Crippen molar-refractivity contribution in [3.63, 3.8) is 0 Å². The van der Waals surface area contributed by atoms with Gasteiger partial charge >= 0.3 is 11.8 Å². The predicted octanol–water partition coefficient (Wildman–Crippen LogP) is 0.466. The zero-order valence-corrected chi connectivity index (χ0v) is 14.6. The molecule has 0 unspecified atom stereocenters. The number of para-hydroxylation sites is 2. The van der Waals surface area contributed by atoms with E-state index in [4.69, 9.17) is 4.74 Å². The predicted molar refractivity (Wildman–Crippen MR) is 97.1 cm³/mol. The average Bonchev–Trinajstić information content (AvgIpc) is 2.67. The van der Waals surface area contributed by atoms with Crippen molar-refractivity contribution in [2.75, 3.05) is 11.9 Å². The van der Waals surface area contributed by atoms with E-state index in [1.807, 2.05) is 19.1 Å². The number of amides is 2. The minimum absolute atomic E-state index is 0.251. The fourth-order valence-electron chi connectivity index (χ4n) is 2.20. The molecule has 2 aromatic rings. The van der Waals surface area contributed by atoms with Crippen LogP contribution in [0.5, 0.6) is 5.75 Å². The molecule has 2 rings (SSSR count). The third-order valence-corrected chi connectivity index (χ3v) is 3.49. The Balaban J connectivity index is 1.97. The molecule has 0 aliphatic heterocycles. The van der Waals surface area contributed by atoms with Gasteiger partial charge in [-0.05, 0) is 30.2 Å². The number of ether oxygens (including phenoxy) is 1. The molecule has 2 aromatic carbocycles. The third-order valence-electron chi connectivity index (χ3n) is 3.49. The molecule has 0 aliphatic rings. The summed E-state index contributed by atoms with van der Waals surface area (Å²) in [5.41, 5.74) is 4.01.